The van der Waals surface area contributed by atoms with Crippen LogP contribution in [0.2, 0.25) is 0 Å². The highest BCUT2D eigenvalue weighted by atomic mass is 16.3. The topological polar surface area (TPSA) is 84.3 Å². The second-order valence-corrected chi connectivity index (χ2v) is 7.32. The smallest absolute Gasteiger partial charge is 0.225 e. The van der Waals surface area contributed by atoms with E-state index in [-0.39, 0.29) is 11.8 Å². The Morgan fingerprint density at radius 2 is 1.76 bits per heavy atom. The molecule has 0 saturated heterocycles. The summed E-state index contributed by atoms with van der Waals surface area (Å²) >= 11 is 0. The first-order valence-electron chi connectivity index (χ1n) is 9.68. The molecular formula is C23H24N4O2. The van der Waals surface area contributed by atoms with E-state index in [0.29, 0.717) is 30.0 Å². The number of nitrogens with zero attached hydrogens (tertiary/aromatic N) is 3. The van der Waals surface area contributed by atoms with Crippen molar-refractivity contribution in [3.8, 4) is 11.3 Å². The number of aromatic nitrogens is 2. The Hall–Kier alpha value is -3.41. The molecule has 148 valence electrons. The lowest BCUT2D eigenvalue weighted by Crippen LogP contribution is -2.17. The summed E-state index contributed by atoms with van der Waals surface area (Å²) in [5.41, 5.74) is 3.82. The molecule has 0 aliphatic carbocycles. The molecule has 6 nitrogen and oxygen atoms in total. The number of amides is 1. The van der Waals surface area contributed by atoms with Gasteiger partial charge in [-0.3, -0.25) is 4.79 Å². The number of nitroso groups, excluding NO2 is 1. The third kappa shape index (κ3) is 5.78. The summed E-state index contributed by atoms with van der Waals surface area (Å²) in [6.45, 7) is 4.00. The van der Waals surface area contributed by atoms with Crippen molar-refractivity contribution in [2.75, 3.05) is 5.32 Å². The van der Waals surface area contributed by atoms with Crippen molar-refractivity contribution < 1.29 is 4.79 Å². The molecular weight excluding hydrogens is 364 g/mol. The summed E-state index contributed by atoms with van der Waals surface area (Å²) in [6, 6.07) is 17.0. The Morgan fingerprint density at radius 3 is 2.41 bits per heavy atom. The monoisotopic (exact) mass is 388 g/mol. The number of hydrogen-bond acceptors (Lipinski definition) is 5. The van der Waals surface area contributed by atoms with Crippen LogP contribution in [0.1, 0.15) is 31.5 Å². The van der Waals surface area contributed by atoms with E-state index in [2.05, 4.69) is 27.6 Å². The number of aryl methyl sites for hydroxylation is 2. The molecule has 0 atom stereocenters. The second-order valence-electron chi connectivity index (χ2n) is 7.32. The van der Waals surface area contributed by atoms with Gasteiger partial charge >= 0.3 is 0 Å². The molecule has 1 aromatic heterocycles. The lowest BCUT2D eigenvalue weighted by Gasteiger charge is -2.12. The molecule has 2 aromatic carbocycles. The van der Waals surface area contributed by atoms with Crippen LogP contribution in [0.25, 0.3) is 11.3 Å². The Morgan fingerprint density at radius 1 is 1.03 bits per heavy atom. The van der Waals surface area contributed by atoms with E-state index in [1.165, 1.54) is 5.56 Å². The first-order valence-corrected chi connectivity index (χ1v) is 9.68. The average molecular weight is 388 g/mol. The number of carbonyl (C=O) groups is 1. The van der Waals surface area contributed by atoms with Crippen LogP contribution in [0.4, 0.5) is 11.5 Å². The van der Waals surface area contributed by atoms with Gasteiger partial charge in [-0.1, -0.05) is 56.3 Å². The van der Waals surface area contributed by atoms with Gasteiger partial charge in [0, 0.05) is 12.0 Å². The van der Waals surface area contributed by atoms with Gasteiger partial charge in [-0.05, 0) is 41.6 Å². The van der Waals surface area contributed by atoms with E-state index in [1.807, 2.05) is 32.0 Å². The van der Waals surface area contributed by atoms with Crippen molar-refractivity contribution in [3.05, 3.63) is 77.0 Å². The summed E-state index contributed by atoms with van der Waals surface area (Å²) in [5, 5.41) is 5.83. The van der Waals surface area contributed by atoms with Crippen LogP contribution >= 0.6 is 0 Å². The van der Waals surface area contributed by atoms with Gasteiger partial charge in [-0.25, -0.2) is 9.97 Å². The van der Waals surface area contributed by atoms with Crippen LogP contribution < -0.4 is 5.32 Å². The van der Waals surface area contributed by atoms with E-state index >= 15 is 0 Å². The van der Waals surface area contributed by atoms with Crippen LogP contribution in [0, 0.1) is 10.8 Å². The number of carbonyl (C=O) groups excluding carboxylic acids is 1. The van der Waals surface area contributed by atoms with E-state index in [0.717, 1.165) is 17.7 Å². The molecule has 0 aliphatic rings. The molecule has 0 unspecified atom stereocenters. The molecule has 29 heavy (non-hydrogen) atoms. The third-order valence-corrected chi connectivity index (χ3v) is 4.46. The Bertz CT molecular complexity index is 970. The number of rotatable bonds is 8. The summed E-state index contributed by atoms with van der Waals surface area (Å²) in [7, 11) is 0. The minimum absolute atomic E-state index is 0.0654. The van der Waals surface area contributed by atoms with Gasteiger partial charge in [-0.2, -0.15) is 0 Å². The molecule has 3 aromatic rings. The molecule has 6 heteroatoms. The third-order valence-electron chi connectivity index (χ3n) is 4.46. The second kappa shape index (κ2) is 9.68. The van der Waals surface area contributed by atoms with Gasteiger partial charge in [-0.15, -0.1) is 4.91 Å². The highest BCUT2D eigenvalue weighted by Crippen LogP contribution is 2.23. The van der Waals surface area contributed by atoms with Crippen molar-refractivity contribution >= 4 is 17.4 Å². The summed E-state index contributed by atoms with van der Waals surface area (Å²) in [4.78, 5) is 32.1. The molecule has 0 radical (unpaired) electrons. The average Bonchev–Trinajstić information content (AvgIpc) is 2.73. The molecule has 1 heterocycles. The maximum atomic E-state index is 12.3. The minimum atomic E-state index is -0.0654. The maximum absolute atomic E-state index is 12.3. The van der Waals surface area contributed by atoms with Crippen molar-refractivity contribution in [2.24, 2.45) is 11.1 Å². The molecule has 0 fully saturated rings. The number of nitrogens with one attached hydrogen (secondary N) is 1. The maximum Gasteiger partial charge on any atom is 0.225 e. The highest BCUT2D eigenvalue weighted by molar-refractivity contribution is 5.90. The zero-order chi connectivity index (χ0) is 20.6. The highest BCUT2D eigenvalue weighted by Gasteiger charge is 2.13. The lowest BCUT2D eigenvalue weighted by atomic mass is 10.1. The Labute approximate surface area is 170 Å². The van der Waals surface area contributed by atoms with Crippen molar-refractivity contribution in [2.45, 2.75) is 33.1 Å². The summed E-state index contributed by atoms with van der Waals surface area (Å²) in [5.74, 6) is 0.700. The van der Waals surface area contributed by atoms with Gasteiger partial charge in [0.25, 0.3) is 0 Å². The Kier molecular flexibility index (Phi) is 6.79. The van der Waals surface area contributed by atoms with E-state index in [1.54, 1.807) is 30.5 Å². The fraction of sp³-hybridized carbons (Fsp3) is 0.261. The van der Waals surface area contributed by atoms with Crippen LogP contribution in [0.3, 0.4) is 0 Å². The van der Waals surface area contributed by atoms with Gasteiger partial charge in [0.15, 0.2) is 5.82 Å². The predicted molar refractivity (Wildman–Crippen MR) is 115 cm³/mol. The number of benzene rings is 2. The zero-order valence-electron chi connectivity index (χ0n) is 16.6. The van der Waals surface area contributed by atoms with Gasteiger partial charge in [0.1, 0.15) is 5.69 Å². The molecule has 3 rings (SSSR count). The normalized spacial score (nSPS) is 10.7. The fourth-order valence-electron chi connectivity index (χ4n) is 3.00. The minimum Gasteiger partial charge on any atom is -0.309 e. The van der Waals surface area contributed by atoms with E-state index < -0.39 is 0 Å². The quantitative estimate of drug-likeness (QED) is 0.530. The van der Waals surface area contributed by atoms with E-state index in [9.17, 15) is 9.70 Å². The van der Waals surface area contributed by atoms with Crippen LogP contribution in [-0.4, -0.2) is 15.9 Å². The van der Waals surface area contributed by atoms with Gasteiger partial charge in [0.2, 0.25) is 5.91 Å². The zero-order valence-corrected chi connectivity index (χ0v) is 16.6. The summed E-state index contributed by atoms with van der Waals surface area (Å²) < 4.78 is 0. The standard InChI is InChI=1S/C23H24N4O2/c1-16(2)14-22(28)26-23-20(13-8-17-6-4-3-5-7-17)25-21(15-24-23)18-9-11-19(27-29)12-10-18/h3-7,9-12,15-16H,8,13-14H2,1-2H3,(H,24,26,28). The van der Waals surface area contributed by atoms with Crippen LogP contribution in [0.15, 0.2) is 66.0 Å². The number of hydrogen-bond donors (Lipinski definition) is 1. The first kappa shape index (κ1) is 20.3. The molecule has 0 spiro atoms. The summed E-state index contributed by atoms with van der Waals surface area (Å²) in [6.07, 6.45) is 3.51. The van der Waals surface area contributed by atoms with Gasteiger partial charge < -0.3 is 5.32 Å². The van der Waals surface area contributed by atoms with Crippen LogP contribution in [0.5, 0.6) is 0 Å². The molecule has 1 N–H and O–H groups in total. The Balaban J connectivity index is 1.87. The van der Waals surface area contributed by atoms with Crippen molar-refractivity contribution in [3.63, 3.8) is 0 Å². The fourth-order valence-corrected chi connectivity index (χ4v) is 3.00. The lowest BCUT2D eigenvalue weighted by molar-refractivity contribution is -0.116. The SMILES string of the molecule is CC(C)CC(=O)Nc1ncc(-c2ccc(N=O)cc2)nc1CCc1ccccc1. The molecule has 0 bridgehead atoms. The van der Waals surface area contributed by atoms with Crippen molar-refractivity contribution in [1.29, 1.82) is 0 Å². The molecule has 0 aliphatic heterocycles. The molecule has 1 amide bonds. The van der Waals surface area contributed by atoms with Crippen LogP contribution in [-0.2, 0) is 17.6 Å². The number of anilines is 1. The van der Waals surface area contributed by atoms with Gasteiger partial charge in [0.05, 0.1) is 17.6 Å². The predicted octanol–water partition coefficient (Wildman–Crippen LogP) is 5.31. The molecule has 0 saturated carbocycles. The first-order chi connectivity index (χ1) is 14.0. The largest absolute Gasteiger partial charge is 0.309 e. The van der Waals surface area contributed by atoms with Crippen molar-refractivity contribution in [1.82, 2.24) is 9.97 Å². The van der Waals surface area contributed by atoms with E-state index in [4.69, 9.17) is 4.98 Å².